The van der Waals surface area contributed by atoms with Crippen molar-refractivity contribution in [2.24, 2.45) is 5.41 Å². The van der Waals surface area contributed by atoms with Gasteiger partial charge in [0.05, 0.1) is 5.75 Å². The van der Waals surface area contributed by atoms with Gasteiger partial charge in [-0.25, -0.2) is 0 Å². The summed E-state index contributed by atoms with van der Waals surface area (Å²) in [6.45, 7) is 6.27. The highest BCUT2D eigenvalue weighted by atomic mass is 32.2. The van der Waals surface area contributed by atoms with Gasteiger partial charge in [0.1, 0.15) is 0 Å². The Morgan fingerprint density at radius 1 is 1.57 bits per heavy atom. The van der Waals surface area contributed by atoms with Crippen LogP contribution in [0, 0.1) is 17.8 Å². The minimum atomic E-state index is 0.0246. The first-order valence-electron chi connectivity index (χ1n) is 5.01. The fourth-order valence-electron chi connectivity index (χ4n) is 0.958. The maximum absolute atomic E-state index is 9.15. The third kappa shape index (κ3) is 6.31. The van der Waals surface area contributed by atoms with Crippen LogP contribution in [0.5, 0.6) is 0 Å². The number of rotatable bonds is 8. The van der Waals surface area contributed by atoms with Crippen LogP contribution >= 0.6 is 11.8 Å². The van der Waals surface area contributed by atoms with E-state index in [1.54, 1.807) is 11.8 Å². The van der Waals surface area contributed by atoms with E-state index in [0.717, 1.165) is 31.0 Å². The second kappa shape index (κ2) is 8.16. The van der Waals surface area contributed by atoms with E-state index < -0.39 is 0 Å². The molecular formula is C11H21NOS. The van der Waals surface area contributed by atoms with Gasteiger partial charge in [-0.2, -0.15) is 0 Å². The normalized spacial score (nSPS) is 14.7. The molecule has 0 radical (unpaired) electrons. The summed E-state index contributed by atoms with van der Waals surface area (Å²) in [6.07, 6.45) is 6.13. The molecule has 0 aromatic carbocycles. The number of thioether (sulfide) groups is 1. The van der Waals surface area contributed by atoms with E-state index in [0.29, 0.717) is 0 Å². The molecule has 0 aliphatic heterocycles. The fraction of sp³-hybridized carbons (Fsp3) is 0.818. The summed E-state index contributed by atoms with van der Waals surface area (Å²) >= 11 is 1.76. The lowest BCUT2D eigenvalue weighted by atomic mass is 9.89. The molecule has 0 rings (SSSR count). The Hall–Kier alpha value is -0.170. The van der Waals surface area contributed by atoms with Crippen LogP contribution in [0.4, 0.5) is 0 Å². The molecule has 0 heterocycles. The molecule has 0 saturated carbocycles. The topological polar surface area (TPSA) is 32.3 Å². The lowest BCUT2D eigenvalue weighted by Crippen LogP contribution is -2.35. The Morgan fingerprint density at radius 2 is 2.29 bits per heavy atom. The molecule has 82 valence electrons. The Bertz CT molecular complexity index is 173. The molecule has 0 spiro atoms. The highest BCUT2D eigenvalue weighted by Gasteiger charge is 2.19. The van der Waals surface area contributed by atoms with Gasteiger partial charge in [0.15, 0.2) is 0 Å². The average Bonchev–Trinajstić information content (AvgIpc) is 2.23. The number of aliphatic hydroxyl groups excluding tert-OH is 1. The molecule has 2 N–H and O–H groups in total. The van der Waals surface area contributed by atoms with Crippen molar-refractivity contribution in [1.29, 1.82) is 0 Å². The van der Waals surface area contributed by atoms with Gasteiger partial charge in [-0.3, -0.25) is 0 Å². The van der Waals surface area contributed by atoms with Crippen molar-refractivity contribution in [2.75, 3.05) is 31.2 Å². The van der Waals surface area contributed by atoms with Crippen LogP contribution in [-0.4, -0.2) is 36.3 Å². The molecule has 0 fully saturated rings. The minimum Gasteiger partial charge on any atom is -0.396 e. The monoisotopic (exact) mass is 215 g/mol. The van der Waals surface area contributed by atoms with Gasteiger partial charge in [-0.05, 0) is 6.42 Å². The van der Waals surface area contributed by atoms with E-state index in [9.17, 15) is 0 Å². The molecule has 14 heavy (non-hydrogen) atoms. The van der Waals surface area contributed by atoms with Gasteiger partial charge >= 0.3 is 0 Å². The highest BCUT2D eigenvalue weighted by Crippen LogP contribution is 2.18. The Kier molecular flexibility index (Phi) is 8.07. The van der Waals surface area contributed by atoms with Crippen LogP contribution in [0.2, 0.25) is 0 Å². The van der Waals surface area contributed by atoms with Crippen LogP contribution in [0.1, 0.15) is 20.3 Å². The largest absolute Gasteiger partial charge is 0.396 e. The number of hydrogen-bond donors (Lipinski definition) is 2. The zero-order valence-electron chi connectivity index (χ0n) is 9.18. The summed E-state index contributed by atoms with van der Waals surface area (Å²) in [5, 5.41) is 12.5. The second-order valence-electron chi connectivity index (χ2n) is 3.76. The molecule has 0 amide bonds. The first-order chi connectivity index (χ1) is 6.68. The summed E-state index contributed by atoms with van der Waals surface area (Å²) in [5.74, 6) is 4.41. The van der Waals surface area contributed by atoms with Crippen molar-refractivity contribution in [1.82, 2.24) is 5.32 Å². The molecule has 0 aliphatic carbocycles. The molecule has 0 aromatic heterocycles. The molecule has 0 bridgehead atoms. The Labute approximate surface area is 91.9 Å². The standard InChI is InChI=1S/C11H21NOS/c1-4-7-14-8-6-12-9-11(3,5-2)10-13/h1,12-13H,5-10H2,2-3H3. The van der Waals surface area contributed by atoms with Gasteiger partial charge in [-0.1, -0.05) is 19.8 Å². The van der Waals surface area contributed by atoms with E-state index in [1.807, 2.05) is 0 Å². The van der Waals surface area contributed by atoms with Crippen molar-refractivity contribution in [3.63, 3.8) is 0 Å². The van der Waals surface area contributed by atoms with Gasteiger partial charge in [0.25, 0.3) is 0 Å². The molecule has 3 heteroatoms. The first kappa shape index (κ1) is 13.8. The second-order valence-corrected chi connectivity index (χ2v) is 4.86. The van der Waals surface area contributed by atoms with E-state index in [1.165, 1.54) is 0 Å². The van der Waals surface area contributed by atoms with Crippen molar-refractivity contribution in [3.8, 4) is 12.3 Å². The van der Waals surface area contributed by atoms with Crippen molar-refractivity contribution in [2.45, 2.75) is 20.3 Å². The quantitative estimate of drug-likeness (QED) is 0.473. The fourth-order valence-corrected chi connectivity index (χ4v) is 1.51. The number of terminal acetylenes is 1. The summed E-state index contributed by atoms with van der Waals surface area (Å²) in [7, 11) is 0. The third-order valence-electron chi connectivity index (χ3n) is 2.40. The van der Waals surface area contributed by atoms with Crippen LogP contribution in [0.15, 0.2) is 0 Å². The minimum absolute atomic E-state index is 0.0246. The molecule has 0 aliphatic rings. The predicted molar refractivity (Wildman–Crippen MR) is 64.5 cm³/mol. The van der Waals surface area contributed by atoms with Crippen molar-refractivity contribution in [3.05, 3.63) is 0 Å². The summed E-state index contributed by atoms with van der Waals surface area (Å²) in [4.78, 5) is 0. The maximum atomic E-state index is 9.15. The summed E-state index contributed by atoms with van der Waals surface area (Å²) in [5.41, 5.74) is 0.0246. The van der Waals surface area contributed by atoms with Gasteiger partial charge < -0.3 is 10.4 Å². The molecular weight excluding hydrogens is 194 g/mol. The van der Waals surface area contributed by atoms with E-state index >= 15 is 0 Å². The van der Waals surface area contributed by atoms with Crippen LogP contribution in [-0.2, 0) is 0 Å². The van der Waals surface area contributed by atoms with E-state index in [4.69, 9.17) is 11.5 Å². The van der Waals surface area contributed by atoms with E-state index in [-0.39, 0.29) is 12.0 Å². The zero-order valence-corrected chi connectivity index (χ0v) is 9.99. The predicted octanol–water partition coefficient (Wildman–Crippen LogP) is 1.35. The first-order valence-corrected chi connectivity index (χ1v) is 6.17. The highest BCUT2D eigenvalue weighted by molar-refractivity contribution is 7.99. The summed E-state index contributed by atoms with van der Waals surface area (Å²) < 4.78 is 0. The lowest BCUT2D eigenvalue weighted by molar-refractivity contribution is 0.136. The SMILES string of the molecule is C#CCSCCNCC(C)(CC)CO. The Balaban J connectivity index is 3.39. The third-order valence-corrected chi connectivity index (χ3v) is 3.26. The smallest absolute Gasteiger partial charge is 0.0545 e. The number of hydrogen-bond acceptors (Lipinski definition) is 3. The van der Waals surface area contributed by atoms with E-state index in [2.05, 4.69) is 25.1 Å². The van der Waals surface area contributed by atoms with Gasteiger partial charge in [-0.15, -0.1) is 18.2 Å². The number of nitrogens with one attached hydrogen (secondary N) is 1. The zero-order chi connectivity index (χ0) is 10.9. The van der Waals surface area contributed by atoms with Crippen LogP contribution in [0.25, 0.3) is 0 Å². The maximum Gasteiger partial charge on any atom is 0.0545 e. The molecule has 1 atom stereocenters. The molecule has 1 unspecified atom stereocenters. The molecule has 0 saturated heterocycles. The Morgan fingerprint density at radius 3 is 2.79 bits per heavy atom. The molecule has 0 aromatic rings. The van der Waals surface area contributed by atoms with Gasteiger partial charge in [0, 0.05) is 30.9 Å². The van der Waals surface area contributed by atoms with Crippen molar-refractivity contribution < 1.29 is 5.11 Å². The number of aliphatic hydroxyl groups is 1. The van der Waals surface area contributed by atoms with Crippen LogP contribution < -0.4 is 5.32 Å². The van der Waals surface area contributed by atoms with Crippen LogP contribution in [0.3, 0.4) is 0 Å². The lowest BCUT2D eigenvalue weighted by Gasteiger charge is -2.25. The molecule has 2 nitrogen and oxygen atoms in total. The van der Waals surface area contributed by atoms with Crippen molar-refractivity contribution >= 4 is 11.8 Å². The average molecular weight is 215 g/mol. The summed E-state index contributed by atoms with van der Waals surface area (Å²) in [6, 6.07) is 0. The van der Waals surface area contributed by atoms with Gasteiger partial charge in [0.2, 0.25) is 0 Å².